The molecule has 0 aromatic heterocycles. The van der Waals surface area contributed by atoms with Gasteiger partial charge in [0, 0.05) is 6.54 Å². The van der Waals surface area contributed by atoms with E-state index in [0.29, 0.717) is 5.41 Å². The molecule has 0 spiro atoms. The number of unbranched alkanes of at least 4 members (excludes halogenated alkanes) is 2. The van der Waals surface area contributed by atoms with Crippen LogP contribution in [0.15, 0.2) is 0 Å². The Hall–Kier alpha value is -0.0800. The Morgan fingerprint density at radius 2 is 1.88 bits per heavy atom. The average Bonchev–Trinajstić information content (AvgIpc) is 2.30. The zero-order chi connectivity index (χ0) is 12.6. The molecule has 1 fully saturated rings. The van der Waals surface area contributed by atoms with Crippen LogP contribution in [0.5, 0.6) is 0 Å². The first-order valence-corrected chi connectivity index (χ1v) is 7.55. The third-order valence-corrected chi connectivity index (χ3v) is 3.95. The van der Waals surface area contributed by atoms with E-state index in [1.54, 1.807) is 0 Å². The number of hydrogen-bond donors (Lipinski definition) is 2. The molecule has 0 aromatic rings. The topological polar surface area (TPSA) is 24.1 Å². The highest BCUT2D eigenvalue weighted by atomic mass is 14.9. The van der Waals surface area contributed by atoms with E-state index in [4.69, 9.17) is 0 Å². The molecule has 0 unspecified atom stereocenters. The zero-order valence-corrected chi connectivity index (χ0v) is 12.1. The van der Waals surface area contributed by atoms with Gasteiger partial charge in [-0.05, 0) is 50.2 Å². The van der Waals surface area contributed by atoms with E-state index in [0.717, 1.165) is 5.92 Å². The highest BCUT2D eigenvalue weighted by Gasteiger charge is 2.18. The van der Waals surface area contributed by atoms with E-state index >= 15 is 0 Å². The molecule has 1 aliphatic rings. The quantitative estimate of drug-likeness (QED) is 0.637. The largest absolute Gasteiger partial charge is 0.317 e. The molecule has 1 heterocycles. The van der Waals surface area contributed by atoms with Gasteiger partial charge in [0.15, 0.2) is 0 Å². The maximum atomic E-state index is 3.69. The van der Waals surface area contributed by atoms with Gasteiger partial charge < -0.3 is 10.6 Å². The molecule has 0 amide bonds. The van der Waals surface area contributed by atoms with Crippen LogP contribution in [0.1, 0.15) is 59.3 Å². The van der Waals surface area contributed by atoms with Gasteiger partial charge >= 0.3 is 0 Å². The van der Waals surface area contributed by atoms with Gasteiger partial charge in [-0.1, -0.05) is 40.0 Å². The van der Waals surface area contributed by atoms with Crippen LogP contribution in [0.4, 0.5) is 0 Å². The Morgan fingerprint density at radius 1 is 1.18 bits per heavy atom. The van der Waals surface area contributed by atoms with Gasteiger partial charge in [0.1, 0.15) is 0 Å². The molecule has 2 N–H and O–H groups in total. The van der Waals surface area contributed by atoms with Crippen molar-refractivity contribution in [1.82, 2.24) is 10.6 Å². The molecule has 0 saturated carbocycles. The molecule has 0 atom stereocenters. The first-order chi connectivity index (χ1) is 8.14. The summed E-state index contributed by atoms with van der Waals surface area (Å²) < 4.78 is 0. The van der Waals surface area contributed by atoms with Crippen molar-refractivity contribution < 1.29 is 0 Å². The van der Waals surface area contributed by atoms with E-state index < -0.39 is 0 Å². The standard InChI is InChI=1S/C15H32N2/c1-4-5-6-9-15(2,3)13-17-12-14-7-10-16-11-8-14/h14,16-17H,4-13H2,1-3H3. The van der Waals surface area contributed by atoms with Crippen LogP contribution in [0.3, 0.4) is 0 Å². The van der Waals surface area contributed by atoms with Crippen molar-refractivity contribution in [2.75, 3.05) is 26.2 Å². The smallest absolute Gasteiger partial charge is 0.000263 e. The summed E-state index contributed by atoms with van der Waals surface area (Å²) in [4.78, 5) is 0. The van der Waals surface area contributed by atoms with Crippen molar-refractivity contribution in [3.63, 3.8) is 0 Å². The predicted molar refractivity (Wildman–Crippen MR) is 76.4 cm³/mol. The zero-order valence-electron chi connectivity index (χ0n) is 12.1. The minimum Gasteiger partial charge on any atom is -0.317 e. The molecule has 1 aliphatic heterocycles. The Kier molecular flexibility index (Phi) is 7.14. The highest BCUT2D eigenvalue weighted by molar-refractivity contribution is 4.75. The fourth-order valence-corrected chi connectivity index (χ4v) is 2.64. The van der Waals surface area contributed by atoms with Gasteiger partial charge in [0.25, 0.3) is 0 Å². The van der Waals surface area contributed by atoms with Crippen molar-refractivity contribution in [3.05, 3.63) is 0 Å². The van der Waals surface area contributed by atoms with Crippen LogP contribution in [0.2, 0.25) is 0 Å². The van der Waals surface area contributed by atoms with Crippen LogP contribution in [-0.2, 0) is 0 Å². The first-order valence-electron chi connectivity index (χ1n) is 7.55. The van der Waals surface area contributed by atoms with E-state index in [1.807, 2.05) is 0 Å². The summed E-state index contributed by atoms with van der Waals surface area (Å²) in [6.45, 7) is 11.9. The molecule has 1 saturated heterocycles. The van der Waals surface area contributed by atoms with Crippen molar-refractivity contribution in [1.29, 1.82) is 0 Å². The molecule has 0 bridgehead atoms. The van der Waals surface area contributed by atoms with Crippen molar-refractivity contribution in [3.8, 4) is 0 Å². The predicted octanol–water partition coefficient (Wildman–Crippen LogP) is 3.18. The summed E-state index contributed by atoms with van der Waals surface area (Å²) in [6.07, 6.45) is 8.17. The fraction of sp³-hybridized carbons (Fsp3) is 1.00. The van der Waals surface area contributed by atoms with Crippen LogP contribution in [0, 0.1) is 11.3 Å². The molecule has 0 aromatic carbocycles. The molecule has 2 nitrogen and oxygen atoms in total. The van der Waals surface area contributed by atoms with Crippen molar-refractivity contribution in [2.24, 2.45) is 11.3 Å². The SMILES string of the molecule is CCCCCC(C)(C)CNCC1CCNCC1. The number of piperidine rings is 1. The maximum absolute atomic E-state index is 3.69. The molecule has 17 heavy (non-hydrogen) atoms. The summed E-state index contributed by atoms with van der Waals surface area (Å²) >= 11 is 0. The van der Waals surface area contributed by atoms with Gasteiger partial charge in [0.05, 0.1) is 0 Å². The van der Waals surface area contributed by atoms with E-state index in [1.165, 1.54) is 64.7 Å². The summed E-state index contributed by atoms with van der Waals surface area (Å²) in [5.41, 5.74) is 0.474. The van der Waals surface area contributed by atoms with Gasteiger partial charge in [-0.15, -0.1) is 0 Å². The lowest BCUT2D eigenvalue weighted by Crippen LogP contribution is -2.37. The fourth-order valence-electron chi connectivity index (χ4n) is 2.64. The average molecular weight is 240 g/mol. The van der Waals surface area contributed by atoms with Gasteiger partial charge in [-0.2, -0.15) is 0 Å². The third-order valence-electron chi connectivity index (χ3n) is 3.95. The number of rotatable bonds is 8. The normalized spacial score (nSPS) is 18.5. The third kappa shape index (κ3) is 7.05. The number of nitrogens with one attached hydrogen (secondary N) is 2. The van der Waals surface area contributed by atoms with Gasteiger partial charge in [-0.25, -0.2) is 0 Å². The van der Waals surface area contributed by atoms with Crippen LogP contribution in [0.25, 0.3) is 0 Å². The highest BCUT2D eigenvalue weighted by Crippen LogP contribution is 2.23. The van der Waals surface area contributed by atoms with E-state index in [-0.39, 0.29) is 0 Å². The minimum atomic E-state index is 0.474. The maximum Gasteiger partial charge on any atom is 0.000263 e. The molecular weight excluding hydrogens is 208 g/mol. The Bertz CT molecular complexity index is 183. The van der Waals surface area contributed by atoms with Crippen molar-refractivity contribution >= 4 is 0 Å². The lowest BCUT2D eigenvalue weighted by Gasteiger charge is -2.28. The lowest BCUT2D eigenvalue weighted by molar-refractivity contribution is 0.280. The molecule has 0 aliphatic carbocycles. The summed E-state index contributed by atoms with van der Waals surface area (Å²) in [7, 11) is 0. The Labute approximate surface area is 108 Å². The summed E-state index contributed by atoms with van der Waals surface area (Å²) in [5.74, 6) is 0.905. The van der Waals surface area contributed by atoms with E-state index in [2.05, 4.69) is 31.4 Å². The second kappa shape index (κ2) is 8.10. The lowest BCUT2D eigenvalue weighted by atomic mass is 9.86. The first kappa shape index (κ1) is 15.0. The molecule has 102 valence electrons. The summed E-state index contributed by atoms with van der Waals surface area (Å²) in [6, 6.07) is 0. The summed E-state index contributed by atoms with van der Waals surface area (Å²) in [5, 5.41) is 7.12. The second-order valence-corrected chi connectivity index (χ2v) is 6.45. The monoisotopic (exact) mass is 240 g/mol. The Morgan fingerprint density at radius 3 is 2.53 bits per heavy atom. The van der Waals surface area contributed by atoms with Crippen LogP contribution >= 0.6 is 0 Å². The Balaban J connectivity index is 2.06. The second-order valence-electron chi connectivity index (χ2n) is 6.45. The van der Waals surface area contributed by atoms with Gasteiger partial charge in [0.2, 0.25) is 0 Å². The molecular formula is C15H32N2. The van der Waals surface area contributed by atoms with E-state index in [9.17, 15) is 0 Å². The van der Waals surface area contributed by atoms with Crippen molar-refractivity contribution in [2.45, 2.75) is 59.3 Å². The van der Waals surface area contributed by atoms with Crippen LogP contribution in [-0.4, -0.2) is 26.2 Å². The molecule has 2 heteroatoms. The molecule has 0 radical (unpaired) electrons. The van der Waals surface area contributed by atoms with Crippen LogP contribution < -0.4 is 10.6 Å². The minimum absolute atomic E-state index is 0.474. The molecule has 1 rings (SSSR count). The number of hydrogen-bond acceptors (Lipinski definition) is 2. The van der Waals surface area contributed by atoms with Gasteiger partial charge in [-0.3, -0.25) is 0 Å².